The van der Waals surface area contributed by atoms with Gasteiger partial charge in [-0.2, -0.15) is 0 Å². The molecule has 1 aromatic rings. The number of carboxylic acids is 1. The Morgan fingerprint density at radius 1 is 1.77 bits per heavy atom. The van der Waals surface area contributed by atoms with Crippen LogP contribution in [0.5, 0.6) is 0 Å². The monoisotopic (exact) mass is 219 g/mol. The van der Waals surface area contributed by atoms with E-state index in [-0.39, 0.29) is 0 Å². The minimum absolute atomic E-state index is 0.435. The topological polar surface area (TPSA) is 58.9 Å². The van der Waals surface area contributed by atoms with Crippen LogP contribution in [0.1, 0.15) is 4.88 Å². The molecule has 0 spiro atoms. The number of rotatable bonds is 4. The molecule has 0 saturated carbocycles. The molecule has 0 aliphatic heterocycles. The highest BCUT2D eigenvalue weighted by molar-refractivity contribution is 7.17. The van der Waals surface area contributed by atoms with E-state index in [0.29, 0.717) is 4.34 Å². The minimum atomic E-state index is -1.05. The quantitative estimate of drug-likeness (QED) is 0.621. The van der Waals surface area contributed by atoms with Crippen molar-refractivity contribution in [2.45, 2.75) is 0 Å². The molecule has 0 atom stereocenters. The standard InChI is InChI=1S/C7H6ClNO3S/c8-6-2-1-5(13-6)3-9-12-4-7(10)11/h1-3H,4H2,(H,10,11)/b9-3-. The summed E-state index contributed by atoms with van der Waals surface area (Å²) in [5, 5.41) is 11.6. The number of carboxylic acid groups (broad SMARTS) is 1. The lowest BCUT2D eigenvalue weighted by Crippen LogP contribution is -2.03. The summed E-state index contributed by atoms with van der Waals surface area (Å²) >= 11 is 6.98. The summed E-state index contributed by atoms with van der Waals surface area (Å²) < 4.78 is 0.652. The number of hydrogen-bond donors (Lipinski definition) is 1. The molecule has 1 heterocycles. The molecule has 1 N–H and O–H groups in total. The highest BCUT2D eigenvalue weighted by atomic mass is 35.5. The van der Waals surface area contributed by atoms with Crippen LogP contribution in [0, 0.1) is 0 Å². The average molecular weight is 220 g/mol. The van der Waals surface area contributed by atoms with E-state index in [0.717, 1.165) is 4.88 Å². The zero-order chi connectivity index (χ0) is 9.68. The highest BCUT2D eigenvalue weighted by Crippen LogP contribution is 2.19. The van der Waals surface area contributed by atoms with E-state index < -0.39 is 12.6 Å². The second kappa shape index (κ2) is 4.84. The Morgan fingerprint density at radius 3 is 3.08 bits per heavy atom. The molecule has 0 fully saturated rings. The number of aliphatic carboxylic acids is 1. The van der Waals surface area contributed by atoms with Crippen molar-refractivity contribution in [3.63, 3.8) is 0 Å². The molecule has 0 bridgehead atoms. The first-order valence-electron chi connectivity index (χ1n) is 3.31. The van der Waals surface area contributed by atoms with E-state index in [1.807, 2.05) is 0 Å². The van der Waals surface area contributed by atoms with Crippen LogP contribution >= 0.6 is 22.9 Å². The van der Waals surface area contributed by atoms with Crippen LogP contribution in [-0.2, 0) is 9.63 Å². The maximum absolute atomic E-state index is 10.00. The summed E-state index contributed by atoms with van der Waals surface area (Å²) in [5.41, 5.74) is 0. The Balaban J connectivity index is 2.36. The molecule has 0 aliphatic carbocycles. The smallest absolute Gasteiger partial charge is 0.344 e. The van der Waals surface area contributed by atoms with Gasteiger partial charge in [0.2, 0.25) is 6.61 Å². The van der Waals surface area contributed by atoms with Gasteiger partial charge in [-0.15, -0.1) is 11.3 Å². The second-order valence-electron chi connectivity index (χ2n) is 2.04. The summed E-state index contributed by atoms with van der Waals surface area (Å²) in [6.07, 6.45) is 1.42. The molecule has 0 aliphatic rings. The van der Waals surface area contributed by atoms with Crippen molar-refractivity contribution < 1.29 is 14.7 Å². The molecule has 70 valence electrons. The predicted octanol–water partition coefficient (Wildman–Crippen LogP) is 1.84. The zero-order valence-corrected chi connectivity index (χ0v) is 8.01. The summed E-state index contributed by atoms with van der Waals surface area (Å²) in [4.78, 5) is 15.3. The first kappa shape index (κ1) is 10.0. The first-order valence-corrected chi connectivity index (χ1v) is 4.50. The molecular formula is C7H6ClNO3S. The molecule has 0 amide bonds. The van der Waals surface area contributed by atoms with Crippen molar-refractivity contribution in [2.24, 2.45) is 5.16 Å². The van der Waals surface area contributed by atoms with Crippen LogP contribution in [-0.4, -0.2) is 23.9 Å². The van der Waals surface area contributed by atoms with E-state index in [9.17, 15) is 4.79 Å². The molecule has 4 nitrogen and oxygen atoms in total. The molecule has 1 aromatic heterocycles. The number of oxime groups is 1. The van der Waals surface area contributed by atoms with Gasteiger partial charge in [0.25, 0.3) is 0 Å². The van der Waals surface area contributed by atoms with E-state index in [1.54, 1.807) is 12.1 Å². The first-order chi connectivity index (χ1) is 6.18. The van der Waals surface area contributed by atoms with Gasteiger partial charge in [0, 0.05) is 0 Å². The van der Waals surface area contributed by atoms with Crippen LogP contribution in [0.15, 0.2) is 17.3 Å². The fraction of sp³-hybridized carbons (Fsp3) is 0.143. The lowest BCUT2D eigenvalue weighted by molar-refractivity contribution is -0.142. The summed E-state index contributed by atoms with van der Waals surface area (Å²) in [7, 11) is 0. The lowest BCUT2D eigenvalue weighted by atomic mass is 10.5. The summed E-state index contributed by atoms with van der Waals surface area (Å²) in [6, 6.07) is 3.49. The fourth-order valence-electron chi connectivity index (χ4n) is 0.579. The highest BCUT2D eigenvalue weighted by Gasteiger charge is 1.95. The van der Waals surface area contributed by atoms with Crippen LogP contribution in [0.4, 0.5) is 0 Å². The second-order valence-corrected chi connectivity index (χ2v) is 3.79. The third-order valence-electron chi connectivity index (χ3n) is 1.04. The molecule has 1 rings (SSSR count). The van der Waals surface area contributed by atoms with E-state index in [4.69, 9.17) is 16.7 Å². The van der Waals surface area contributed by atoms with Crippen LogP contribution in [0.3, 0.4) is 0 Å². The van der Waals surface area contributed by atoms with Crippen molar-refractivity contribution in [1.82, 2.24) is 0 Å². The van der Waals surface area contributed by atoms with Crippen molar-refractivity contribution in [3.05, 3.63) is 21.3 Å². The van der Waals surface area contributed by atoms with Gasteiger partial charge in [0.15, 0.2) is 0 Å². The largest absolute Gasteiger partial charge is 0.479 e. The predicted molar refractivity (Wildman–Crippen MR) is 50.5 cm³/mol. The molecule has 13 heavy (non-hydrogen) atoms. The van der Waals surface area contributed by atoms with Gasteiger partial charge in [0.1, 0.15) is 0 Å². The van der Waals surface area contributed by atoms with Gasteiger partial charge in [-0.3, -0.25) is 0 Å². The Hall–Kier alpha value is -1.07. The lowest BCUT2D eigenvalue weighted by Gasteiger charge is -1.90. The molecular weight excluding hydrogens is 214 g/mol. The Bertz CT molecular complexity index is 323. The van der Waals surface area contributed by atoms with E-state index in [2.05, 4.69) is 9.99 Å². The van der Waals surface area contributed by atoms with Gasteiger partial charge in [-0.25, -0.2) is 4.79 Å². The Labute approximate surface area is 83.4 Å². The van der Waals surface area contributed by atoms with Crippen LogP contribution in [0.2, 0.25) is 4.34 Å². The SMILES string of the molecule is O=C(O)CO/N=C\c1ccc(Cl)s1. The van der Waals surface area contributed by atoms with Crippen molar-refractivity contribution >= 4 is 35.1 Å². The van der Waals surface area contributed by atoms with Gasteiger partial charge in [-0.1, -0.05) is 16.8 Å². The van der Waals surface area contributed by atoms with Gasteiger partial charge in [0.05, 0.1) is 15.4 Å². The van der Waals surface area contributed by atoms with E-state index in [1.165, 1.54) is 17.6 Å². The number of halogens is 1. The van der Waals surface area contributed by atoms with Gasteiger partial charge >= 0.3 is 5.97 Å². The number of thiophene rings is 1. The number of carbonyl (C=O) groups is 1. The third kappa shape index (κ3) is 3.91. The van der Waals surface area contributed by atoms with Gasteiger partial charge in [-0.05, 0) is 12.1 Å². The number of hydrogen-bond acceptors (Lipinski definition) is 4. The van der Waals surface area contributed by atoms with Crippen LogP contribution in [0.25, 0.3) is 0 Å². The maximum atomic E-state index is 10.00. The van der Waals surface area contributed by atoms with Gasteiger partial charge < -0.3 is 9.94 Å². The average Bonchev–Trinajstić information content (AvgIpc) is 2.45. The third-order valence-corrected chi connectivity index (χ3v) is 2.20. The normalized spacial score (nSPS) is 10.5. The number of nitrogens with zero attached hydrogens (tertiary/aromatic N) is 1. The summed E-state index contributed by atoms with van der Waals surface area (Å²) in [5.74, 6) is -1.05. The molecule has 0 aromatic carbocycles. The van der Waals surface area contributed by atoms with Crippen molar-refractivity contribution in [2.75, 3.05) is 6.61 Å². The molecule has 0 unspecified atom stereocenters. The summed E-state index contributed by atoms with van der Waals surface area (Å²) in [6.45, 7) is -0.435. The van der Waals surface area contributed by atoms with Crippen LogP contribution < -0.4 is 0 Å². The Morgan fingerprint density at radius 2 is 2.54 bits per heavy atom. The van der Waals surface area contributed by atoms with Crippen molar-refractivity contribution in [3.8, 4) is 0 Å². The minimum Gasteiger partial charge on any atom is -0.479 e. The molecule has 0 radical (unpaired) electrons. The fourth-order valence-corrected chi connectivity index (χ4v) is 1.50. The van der Waals surface area contributed by atoms with E-state index >= 15 is 0 Å². The zero-order valence-electron chi connectivity index (χ0n) is 6.44. The van der Waals surface area contributed by atoms with Crippen molar-refractivity contribution in [1.29, 1.82) is 0 Å². The molecule has 6 heteroatoms. The molecule has 0 saturated heterocycles. The Kier molecular flexibility index (Phi) is 3.72. The maximum Gasteiger partial charge on any atom is 0.344 e.